The van der Waals surface area contributed by atoms with Crippen molar-refractivity contribution in [2.75, 3.05) is 37.3 Å². The molecule has 2 heterocycles. The highest BCUT2D eigenvalue weighted by Crippen LogP contribution is 2.24. The Morgan fingerprint density at radius 2 is 2.07 bits per heavy atom. The predicted molar refractivity (Wildman–Crippen MR) is 114 cm³/mol. The molecule has 0 N–H and O–H groups in total. The molecule has 0 unspecified atom stereocenters. The molecule has 0 bridgehead atoms. The molecule has 0 saturated carbocycles. The maximum absolute atomic E-state index is 13.4. The van der Waals surface area contributed by atoms with E-state index in [1.807, 2.05) is 24.3 Å². The van der Waals surface area contributed by atoms with E-state index in [2.05, 4.69) is 4.90 Å². The standard InChI is InChI=1S/C21H21N3O4S/c1-27-16-5-3-4-14(10-16)12-24-19(25)17-7-6-15(20(26)28-2)11-18(17)22-21(24)23-8-9-29-13-23/h3-7,10-11H,8-9,12-13H2,1-2H3. The molecule has 7 nitrogen and oxygen atoms in total. The van der Waals surface area contributed by atoms with Gasteiger partial charge in [0.15, 0.2) is 0 Å². The highest BCUT2D eigenvalue weighted by molar-refractivity contribution is 7.99. The number of fused-ring (bicyclic) bond motifs is 1. The minimum absolute atomic E-state index is 0.138. The van der Waals surface area contributed by atoms with E-state index in [9.17, 15) is 9.59 Å². The van der Waals surface area contributed by atoms with Gasteiger partial charge in [-0.15, -0.1) is 11.8 Å². The molecule has 29 heavy (non-hydrogen) atoms. The third-order valence-electron chi connectivity index (χ3n) is 4.87. The summed E-state index contributed by atoms with van der Waals surface area (Å²) in [6, 6.07) is 12.5. The van der Waals surface area contributed by atoms with Gasteiger partial charge >= 0.3 is 5.97 Å². The van der Waals surface area contributed by atoms with Crippen LogP contribution in [-0.2, 0) is 11.3 Å². The lowest BCUT2D eigenvalue weighted by molar-refractivity contribution is 0.0601. The van der Waals surface area contributed by atoms with Crippen molar-refractivity contribution in [1.82, 2.24) is 9.55 Å². The van der Waals surface area contributed by atoms with Crippen LogP contribution in [0.3, 0.4) is 0 Å². The van der Waals surface area contributed by atoms with Gasteiger partial charge in [0.2, 0.25) is 5.95 Å². The smallest absolute Gasteiger partial charge is 0.337 e. The van der Waals surface area contributed by atoms with Crippen molar-refractivity contribution < 1.29 is 14.3 Å². The van der Waals surface area contributed by atoms with Crippen LogP contribution in [0.4, 0.5) is 5.95 Å². The lowest BCUT2D eigenvalue weighted by Gasteiger charge is -2.21. The second kappa shape index (κ2) is 8.16. The Labute approximate surface area is 172 Å². The number of hydrogen-bond donors (Lipinski definition) is 0. The van der Waals surface area contributed by atoms with Crippen molar-refractivity contribution in [2.24, 2.45) is 0 Å². The minimum atomic E-state index is -0.451. The maximum atomic E-state index is 13.4. The lowest BCUT2D eigenvalue weighted by Crippen LogP contribution is -2.31. The van der Waals surface area contributed by atoms with Crippen molar-refractivity contribution in [2.45, 2.75) is 6.54 Å². The van der Waals surface area contributed by atoms with E-state index in [-0.39, 0.29) is 5.56 Å². The SMILES string of the molecule is COC(=O)c1ccc2c(=O)n(Cc3cccc(OC)c3)c(N3CCSC3)nc2c1. The summed E-state index contributed by atoms with van der Waals surface area (Å²) in [4.78, 5) is 32.1. The fraction of sp³-hybridized carbons (Fsp3) is 0.286. The third kappa shape index (κ3) is 3.80. The van der Waals surface area contributed by atoms with Gasteiger partial charge in [-0.05, 0) is 35.9 Å². The number of benzene rings is 2. The van der Waals surface area contributed by atoms with Crippen LogP contribution in [-0.4, -0.2) is 47.9 Å². The average molecular weight is 411 g/mol. The molecule has 0 amide bonds. The van der Waals surface area contributed by atoms with Crippen molar-refractivity contribution in [1.29, 1.82) is 0 Å². The molecule has 3 aromatic rings. The molecular weight excluding hydrogens is 390 g/mol. The van der Waals surface area contributed by atoms with Gasteiger partial charge in [-0.3, -0.25) is 9.36 Å². The zero-order chi connectivity index (χ0) is 20.4. The number of nitrogens with zero attached hydrogens (tertiary/aromatic N) is 3. The Kier molecular flexibility index (Phi) is 5.44. The van der Waals surface area contributed by atoms with E-state index in [4.69, 9.17) is 14.5 Å². The molecule has 0 atom stereocenters. The Morgan fingerprint density at radius 1 is 1.21 bits per heavy atom. The number of carbonyl (C=O) groups is 1. The summed E-state index contributed by atoms with van der Waals surface area (Å²) in [5, 5.41) is 0.469. The quantitative estimate of drug-likeness (QED) is 0.598. The number of ether oxygens (including phenoxy) is 2. The first-order chi connectivity index (χ1) is 14.1. The Balaban J connectivity index is 1.86. The average Bonchev–Trinajstić information content (AvgIpc) is 3.29. The van der Waals surface area contributed by atoms with Gasteiger partial charge in [-0.1, -0.05) is 12.1 Å². The number of thioether (sulfide) groups is 1. The van der Waals surface area contributed by atoms with Gasteiger partial charge in [-0.25, -0.2) is 9.78 Å². The maximum Gasteiger partial charge on any atom is 0.337 e. The van der Waals surface area contributed by atoms with E-state index < -0.39 is 5.97 Å². The molecule has 1 fully saturated rings. The summed E-state index contributed by atoms with van der Waals surface area (Å²) >= 11 is 1.80. The van der Waals surface area contributed by atoms with Crippen LogP contribution in [0.5, 0.6) is 5.75 Å². The fourth-order valence-corrected chi connectivity index (χ4v) is 4.31. The molecular formula is C21H21N3O4S. The van der Waals surface area contributed by atoms with Crippen LogP contribution in [0.2, 0.25) is 0 Å². The molecule has 1 aliphatic rings. The van der Waals surface area contributed by atoms with E-state index in [1.165, 1.54) is 7.11 Å². The third-order valence-corrected chi connectivity index (χ3v) is 5.83. The van der Waals surface area contributed by atoms with Gasteiger partial charge in [0.05, 0.1) is 43.1 Å². The number of hydrogen-bond acceptors (Lipinski definition) is 7. The van der Waals surface area contributed by atoms with Gasteiger partial charge in [-0.2, -0.15) is 0 Å². The Bertz CT molecular complexity index is 1120. The number of aromatic nitrogens is 2. The molecule has 4 rings (SSSR count). The Hall–Kier alpha value is -3.00. The number of carbonyl (C=O) groups excluding carboxylic acids is 1. The predicted octanol–water partition coefficient (Wildman–Crippen LogP) is 2.75. The Morgan fingerprint density at radius 3 is 2.79 bits per heavy atom. The summed E-state index contributed by atoms with van der Waals surface area (Å²) < 4.78 is 11.8. The van der Waals surface area contributed by atoms with Crippen LogP contribution in [0.1, 0.15) is 15.9 Å². The zero-order valence-electron chi connectivity index (χ0n) is 16.3. The molecule has 1 saturated heterocycles. The monoisotopic (exact) mass is 411 g/mol. The van der Waals surface area contributed by atoms with E-state index in [0.717, 1.165) is 29.5 Å². The summed E-state index contributed by atoms with van der Waals surface area (Å²) in [5.74, 6) is 2.65. The van der Waals surface area contributed by atoms with Crippen molar-refractivity contribution in [3.8, 4) is 5.75 Å². The lowest BCUT2D eigenvalue weighted by atomic mass is 10.1. The normalized spacial score (nSPS) is 13.7. The van der Waals surface area contributed by atoms with Crippen molar-refractivity contribution >= 4 is 34.6 Å². The molecule has 8 heteroatoms. The molecule has 0 spiro atoms. The summed E-state index contributed by atoms with van der Waals surface area (Å²) in [7, 11) is 2.95. The van der Waals surface area contributed by atoms with Crippen molar-refractivity contribution in [3.63, 3.8) is 0 Å². The molecule has 2 aromatic carbocycles. The van der Waals surface area contributed by atoms with Gasteiger partial charge in [0.1, 0.15) is 5.75 Å². The van der Waals surface area contributed by atoms with Crippen molar-refractivity contribution in [3.05, 3.63) is 63.9 Å². The first-order valence-corrected chi connectivity index (χ1v) is 10.3. The second-order valence-corrected chi connectivity index (χ2v) is 7.75. The molecule has 1 aromatic heterocycles. The van der Waals surface area contributed by atoms with Gasteiger partial charge in [0.25, 0.3) is 5.56 Å². The minimum Gasteiger partial charge on any atom is -0.497 e. The van der Waals surface area contributed by atoms with Crippen LogP contribution in [0.25, 0.3) is 10.9 Å². The van der Waals surface area contributed by atoms with Gasteiger partial charge in [0, 0.05) is 12.3 Å². The van der Waals surface area contributed by atoms with E-state index in [0.29, 0.717) is 29.0 Å². The number of esters is 1. The molecule has 1 aliphatic heterocycles. The summed E-state index contributed by atoms with van der Waals surface area (Å²) in [5.41, 5.74) is 1.68. The number of anilines is 1. The molecule has 150 valence electrons. The van der Waals surface area contributed by atoms with Crippen LogP contribution in [0.15, 0.2) is 47.3 Å². The molecule has 0 radical (unpaired) electrons. The number of methoxy groups -OCH3 is 2. The van der Waals surface area contributed by atoms with Crippen LogP contribution < -0.4 is 15.2 Å². The molecule has 0 aliphatic carbocycles. The van der Waals surface area contributed by atoms with Gasteiger partial charge < -0.3 is 14.4 Å². The van der Waals surface area contributed by atoms with Crippen LogP contribution in [0, 0.1) is 0 Å². The van der Waals surface area contributed by atoms with Crippen LogP contribution >= 0.6 is 11.8 Å². The number of rotatable bonds is 5. The summed E-state index contributed by atoms with van der Waals surface area (Å²) in [6.45, 7) is 1.20. The first kappa shape index (κ1) is 19.3. The van der Waals surface area contributed by atoms with E-state index >= 15 is 0 Å². The largest absolute Gasteiger partial charge is 0.497 e. The first-order valence-electron chi connectivity index (χ1n) is 9.19. The highest BCUT2D eigenvalue weighted by atomic mass is 32.2. The highest BCUT2D eigenvalue weighted by Gasteiger charge is 2.21. The zero-order valence-corrected chi connectivity index (χ0v) is 17.1. The summed E-state index contributed by atoms with van der Waals surface area (Å²) in [6.07, 6.45) is 0. The van der Waals surface area contributed by atoms with E-state index in [1.54, 1.807) is 41.6 Å². The fourth-order valence-electron chi connectivity index (χ4n) is 3.36. The second-order valence-electron chi connectivity index (χ2n) is 6.68. The topological polar surface area (TPSA) is 73.7 Å².